The molecule has 8 heteroatoms. The zero-order valence-electron chi connectivity index (χ0n) is 15.3. The Hall–Kier alpha value is -2.71. The van der Waals surface area contributed by atoms with Crippen molar-refractivity contribution < 1.29 is 19.1 Å². The highest BCUT2D eigenvalue weighted by Gasteiger charge is 2.23. The van der Waals surface area contributed by atoms with Gasteiger partial charge >= 0.3 is 0 Å². The molecule has 6 nitrogen and oxygen atoms in total. The lowest BCUT2D eigenvalue weighted by Crippen LogP contribution is -2.15. The summed E-state index contributed by atoms with van der Waals surface area (Å²) in [5.74, 6) is 0.774. The number of nitrogens with zero attached hydrogens (tertiary/aromatic N) is 1. The molecular weight excluding hydrogens is 396 g/mol. The maximum Gasteiger partial charge on any atom is 0.285 e. The lowest BCUT2D eigenvalue weighted by Gasteiger charge is -2.11. The molecule has 3 rings (SSSR count). The molecule has 0 saturated carbocycles. The van der Waals surface area contributed by atoms with Crippen LogP contribution in [0.15, 0.2) is 58.4 Å². The van der Waals surface area contributed by atoms with Crippen molar-refractivity contribution >= 4 is 51.5 Å². The fourth-order valence-electron chi connectivity index (χ4n) is 2.37. The van der Waals surface area contributed by atoms with Crippen molar-refractivity contribution in [1.82, 2.24) is 0 Å². The Morgan fingerprint density at radius 2 is 1.96 bits per heavy atom. The van der Waals surface area contributed by atoms with Crippen LogP contribution in [0.2, 0.25) is 0 Å². The number of nitrogens with one attached hydrogen (secondary N) is 1. The highest BCUT2D eigenvalue weighted by molar-refractivity contribution is 8.41. The Bertz CT molecular complexity index is 942. The van der Waals surface area contributed by atoms with Gasteiger partial charge < -0.3 is 14.8 Å². The first-order chi connectivity index (χ1) is 13.6. The molecule has 0 radical (unpaired) electrons. The first-order valence-corrected chi connectivity index (χ1v) is 10.1. The van der Waals surface area contributed by atoms with Crippen LogP contribution in [0.4, 0.5) is 5.69 Å². The summed E-state index contributed by atoms with van der Waals surface area (Å²) in [5.41, 5.74) is 1.49. The minimum absolute atomic E-state index is 0.132. The fourth-order valence-corrected chi connectivity index (χ4v) is 4.17. The molecule has 1 heterocycles. The number of hydrogen-bond donors (Lipinski definition) is 1. The van der Waals surface area contributed by atoms with Crippen LogP contribution in [0.3, 0.4) is 0 Å². The second-order valence-corrected chi connectivity index (χ2v) is 7.86. The molecule has 0 atom stereocenters. The molecule has 0 aliphatic carbocycles. The van der Waals surface area contributed by atoms with Gasteiger partial charge in [-0.05, 0) is 23.8 Å². The van der Waals surface area contributed by atoms with E-state index < -0.39 is 0 Å². The van der Waals surface area contributed by atoms with E-state index in [0.29, 0.717) is 26.5 Å². The summed E-state index contributed by atoms with van der Waals surface area (Å²) in [6.07, 6.45) is 1.80. The quantitative estimate of drug-likeness (QED) is 0.719. The Labute approximate surface area is 171 Å². The number of aliphatic imine (C=N–C) groups is 1. The van der Waals surface area contributed by atoms with Gasteiger partial charge in [-0.1, -0.05) is 53.9 Å². The number of benzene rings is 2. The van der Waals surface area contributed by atoms with Gasteiger partial charge in [-0.25, -0.2) is 0 Å². The Morgan fingerprint density at radius 3 is 2.68 bits per heavy atom. The SMILES string of the molecule is COc1ccc(NC(=O)CSC2=NC(=O)/C(=C\c3ccccc3)S2)c(OC)c1. The topological polar surface area (TPSA) is 77.0 Å². The van der Waals surface area contributed by atoms with Crippen LogP contribution in [0.1, 0.15) is 5.56 Å². The molecule has 1 N–H and O–H groups in total. The predicted octanol–water partition coefficient (Wildman–Crippen LogP) is 4.05. The Balaban J connectivity index is 1.56. The molecule has 1 aliphatic rings. The van der Waals surface area contributed by atoms with Gasteiger partial charge in [0.05, 0.1) is 30.6 Å². The molecule has 0 spiro atoms. The van der Waals surface area contributed by atoms with Crippen molar-refractivity contribution in [1.29, 1.82) is 0 Å². The van der Waals surface area contributed by atoms with Gasteiger partial charge in [0, 0.05) is 6.07 Å². The van der Waals surface area contributed by atoms with Crippen molar-refractivity contribution in [2.75, 3.05) is 25.3 Å². The third-order valence-electron chi connectivity index (χ3n) is 3.71. The van der Waals surface area contributed by atoms with Crippen molar-refractivity contribution in [3.8, 4) is 11.5 Å². The number of ether oxygens (including phenoxy) is 2. The van der Waals surface area contributed by atoms with Gasteiger partial charge in [0.25, 0.3) is 5.91 Å². The Morgan fingerprint density at radius 1 is 1.18 bits per heavy atom. The summed E-state index contributed by atoms with van der Waals surface area (Å²) in [7, 11) is 3.08. The van der Waals surface area contributed by atoms with Gasteiger partial charge in [0.2, 0.25) is 5.91 Å². The second kappa shape index (κ2) is 9.48. The summed E-state index contributed by atoms with van der Waals surface area (Å²) < 4.78 is 11.0. The van der Waals surface area contributed by atoms with Crippen LogP contribution in [0, 0.1) is 0 Å². The smallest absolute Gasteiger partial charge is 0.285 e. The Kier molecular flexibility index (Phi) is 6.78. The number of thioether (sulfide) groups is 2. The van der Waals surface area contributed by atoms with E-state index in [9.17, 15) is 9.59 Å². The van der Waals surface area contributed by atoms with Crippen molar-refractivity contribution in [3.05, 3.63) is 59.0 Å². The van der Waals surface area contributed by atoms with E-state index in [1.807, 2.05) is 30.3 Å². The van der Waals surface area contributed by atoms with E-state index in [4.69, 9.17) is 9.47 Å². The van der Waals surface area contributed by atoms with Gasteiger partial charge in [-0.15, -0.1) is 0 Å². The normalized spacial score (nSPS) is 14.7. The minimum atomic E-state index is -0.284. The van der Waals surface area contributed by atoms with Crippen molar-refractivity contribution in [2.24, 2.45) is 4.99 Å². The number of amides is 2. The largest absolute Gasteiger partial charge is 0.497 e. The first-order valence-electron chi connectivity index (χ1n) is 8.31. The summed E-state index contributed by atoms with van der Waals surface area (Å²) >= 11 is 2.50. The average molecular weight is 415 g/mol. The van der Waals surface area contributed by atoms with Crippen LogP contribution in [0.25, 0.3) is 6.08 Å². The molecule has 0 aromatic heterocycles. The molecule has 0 saturated heterocycles. The minimum Gasteiger partial charge on any atom is -0.497 e. The lowest BCUT2D eigenvalue weighted by atomic mass is 10.2. The third-order valence-corrected chi connectivity index (χ3v) is 5.83. The van der Waals surface area contributed by atoms with E-state index in [2.05, 4.69) is 10.3 Å². The molecule has 0 unspecified atom stereocenters. The number of carbonyl (C=O) groups is 2. The maximum atomic E-state index is 12.3. The summed E-state index contributed by atoms with van der Waals surface area (Å²) in [5, 5.41) is 2.79. The summed E-state index contributed by atoms with van der Waals surface area (Å²) in [6.45, 7) is 0. The summed E-state index contributed by atoms with van der Waals surface area (Å²) in [6, 6.07) is 14.7. The van der Waals surface area contributed by atoms with Gasteiger partial charge in [0.1, 0.15) is 15.9 Å². The van der Waals surface area contributed by atoms with E-state index in [1.54, 1.807) is 31.4 Å². The summed E-state index contributed by atoms with van der Waals surface area (Å²) in [4.78, 5) is 28.9. The van der Waals surface area contributed by atoms with Crippen LogP contribution in [-0.4, -0.2) is 36.2 Å². The van der Waals surface area contributed by atoms with E-state index in [0.717, 1.165) is 5.56 Å². The molecule has 1 aliphatic heterocycles. The fraction of sp³-hybridized carbons (Fsp3) is 0.150. The molecule has 2 aromatic carbocycles. The molecule has 2 aromatic rings. The van der Waals surface area contributed by atoms with E-state index >= 15 is 0 Å². The molecular formula is C20H18N2O4S2. The zero-order chi connectivity index (χ0) is 19.9. The van der Waals surface area contributed by atoms with E-state index in [-0.39, 0.29) is 17.6 Å². The number of carbonyl (C=O) groups excluding carboxylic acids is 2. The third kappa shape index (κ3) is 5.17. The highest BCUT2D eigenvalue weighted by atomic mass is 32.2. The molecule has 0 bridgehead atoms. The average Bonchev–Trinajstić information content (AvgIpc) is 3.06. The zero-order valence-corrected chi connectivity index (χ0v) is 16.9. The molecule has 2 amide bonds. The van der Waals surface area contributed by atoms with E-state index in [1.165, 1.54) is 30.6 Å². The van der Waals surface area contributed by atoms with Gasteiger partial charge in [0.15, 0.2) is 0 Å². The predicted molar refractivity (Wildman–Crippen MR) is 115 cm³/mol. The molecule has 144 valence electrons. The molecule has 0 fully saturated rings. The lowest BCUT2D eigenvalue weighted by molar-refractivity contribution is -0.114. The number of hydrogen-bond acceptors (Lipinski definition) is 6. The van der Waals surface area contributed by atoms with Crippen LogP contribution >= 0.6 is 23.5 Å². The number of anilines is 1. The maximum absolute atomic E-state index is 12.3. The van der Waals surface area contributed by atoms with Crippen molar-refractivity contribution in [2.45, 2.75) is 0 Å². The van der Waals surface area contributed by atoms with Crippen LogP contribution < -0.4 is 14.8 Å². The molecule has 28 heavy (non-hydrogen) atoms. The van der Waals surface area contributed by atoms with Crippen LogP contribution in [-0.2, 0) is 9.59 Å². The second-order valence-electron chi connectivity index (χ2n) is 5.61. The van der Waals surface area contributed by atoms with Crippen LogP contribution in [0.5, 0.6) is 11.5 Å². The van der Waals surface area contributed by atoms with Gasteiger partial charge in [-0.3, -0.25) is 9.59 Å². The number of rotatable bonds is 6. The van der Waals surface area contributed by atoms with Gasteiger partial charge in [-0.2, -0.15) is 4.99 Å². The monoisotopic (exact) mass is 414 g/mol. The standard InChI is InChI=1S/C20H18N2O4S2/c1-25-14-8-9-15(16(11-14)26-2)21-18(23)12-27-20-22-19(24)17(28-20)10-13-6-4-3-5-7-13/h3-11H,12H2,1-2H3,(H,21,23)/b17-10+. The number of methoxy groups -OCH3 is 2. The highest BCUT2D eigenvalue weighted by Crippen LogP contribution is 2.34. The first kappa shape index (κ1) is 20.0. The van der Waals surface area contributed by atoms with Crippen molar-refractivity contribution in [3.63, 3.8) is 0 Å².